The van der Waals surface area contributed by atoms with Crippen LogP contribution in [0.1, 0.15) is 44.4 Å². The van der Waals surface area contributed by atoms with Crippen LogP contribution in [0.2, 0.25) is 0 Å². The average Bonchev–Trinajstić information content (AvgIpc) is 2.47. The van der Waals surface area contributed by atoms with Gasteiger partial charge in [0, 0.05) is 18.2 Å². The molecule has 0 saturated heterocycles. The van der Waals surface area contributed by atoms with Gasteiger partial charge in [-0.3, -0.25) is 4.79 Å². The SMILES string of the molecule is CC(C)(C)c1ccccc1NC(=O)CC(N)c1ccccc1.Cl. The number of para-hydroxylation sites is 1. The molecule has 0 fully saturated rings. The van der Waals surface area contributed by atoms with Crippen LogP contribution >= 0.6 is 12.4 Å². The first-order valence-corrected chi connectivity index (χ1v) is 7.58. The number of nitrogens with two attached hydrogens (primary N) is 1. The number of amides is 1. The van der Waals surface area contributed by atoms with Gasteiger partial charge in [-0.1, -0.05) is 69.3 Å². The van der Waals surface area contributed by atoms with Gasteiger partial charge in [-0.2, -0.15) is 0 Å². The minimum atomic E-state index is -0.289. The Bertz CT molecular complexity index is 635. The van der Waals surface area contributed by atoms with Crippen molar-refractivity contribution < 1.29 is 4.79 Å². The number of halogens is 1. The molecule has 0 saturated carbocycles. The molecule has 1 unspecified atom stereocenters. The van der Waals surface area contributed by atoms with E-state index in [0.717, 1.165) is 16.8 Å². The molecule has 0 heterocycles. The second kappa shape index (κ2) is 8.14. The van der Waals surface area contributed by atoms with Gasteiger partial charge in [-0.15, -0.1) is 12.4 Å². The van der Waals surface area contributed by atoms with Crippen LogP contribution in [-0.4, -0.2) is 5.91 Å². The molecular formula is C19H25ClN2O. The fraction of sp³-hybridized carbons (Fsp3) is 0.316. The molecule has 23 heavy (non-hydrogen) atoms. The summed E-state index contributed by atoms with van der Waals surface area (Å²) in [4.78, 5) is 12.3. The number of rotatable bonds is 4. The van der Waals surface area contributed by atoms with Crippen LogP contribution in [0.15, 0.2) is 54.6 Å². The van der Waals surface area contributed by atoms with Crippen molar-refractivity contribution in [3.63, 3.8) is 0 Å². The van der Waals surface area contributed by atoms with Crippen molar-refractivity contribution in [2.45, 2.75) is 38.6 Å². The molecule has 2 aromatic carbocycles. The van der Waals surface area contributed by atoms with Gasteiger partial charge < -0.3 is 11.1 Å². The molecule has 0 radical (unpaired) electrons. The van der Waals surface area contributed by atoms with Crippen LogP contribution in [0, 0.1) is 0 Å². The molecule has 0 aliphatic heterocycles. The van der Waals surface area contributed by atoms with Crippen molar-refractivity contribution in [3.8, 4) is 0 Å². The fourth-order valence-corrected chi connectivity index (χ4v) is 2.47. The zero-order chi connectivity index (χ0) is 16.2. The number of carbonyl (C=O) groups is 1. The Balaban J connectivity index is 0.00000264. The quantitative estimate of drug-likeness (QED) is 0.870. The monoisotopic (exact) mass is 332 g/mol. The largest absolute Gasteiger partial charge is 0.326 e. The van der Waals surface area contributed by atoms with E-state index in [4.69, 9.17) is 5.73 Å². The minimum Gasteiger partial charge on any atom is -0.326 e. The Hall–Kier alpha value is -1.84. The summed E-state index contributed by atoms with van der Waals surface area (Å²) in [6, 6.07) is 17.3. The molecule has 4 heteroatoms. The van der Waals surface area contributed by atoms with Crippen molar-refractivity contribution in [3.05, 3.63) is 65.7 Å². The summed E-state index contributed by atoms with van der Waals surface area (Å²) < 4.78 is 0. The van der Waals surface area contributed by atoms with E-state index in [9.17, 15) is 4.79 Å². The van der Waals surface area contributed by atoms with Crippen molar-refractivity contribution in [1.29, 1.82) is 0 Å². The average molecular weight is 333 g/mol. The molecule has 2 rings (SSSR count). The second-order valence-electron chi connectivity index (χ2n) is 6.57. The van der Waals surface area contributed by atoms with Crippen molar-refractivity contribution >= 4 is 24.0 Å². The van der Waals surface area contributed by atoms with Gasteiger partial charge in [0.25, 0.3) is 0 Å². The standard InChI is InChI=1S/C19H24N2O.ClH/c1-19(2,3)15-11-7-8-12-17(15)21-18(22)13-16(20)14-9-5-4-6-10-14;/h4-12,16H,13,20H2,1-3H3,(H,21,22);1H. The first kappa shape index (κ1) is 19.2. The summed E-state index contributed by atoms with van der Waals surface area (Å²) in [6.07, 6.45) is 0.266. The highest BCUT2D eigenvalue weighted by molar-refractivity contribution is 5.92. The summed E-state index contributed by atoms with van der Waals surface area (Å²) >= 11 is 0. The third-order valence-electron chi connectivity index (χ3n) is 3.64. The number of nitrogens with one attached hydrogen (secondary N) is 1. The molecule has 0 spiro atoms. The van der Waals surface area contributed by atoms with E-state index in [-0.39, 0.29) is 36.2 Å². The van der Waals surface area contributed by atoms with Gasteiger partial charge in [0.2, 0.25) is 5.91 Å². The molecule has 1 amide bonds. The molecule has 1 atom stereocenters. The first-order valence-electron chi connectivity index (χ1n) is 7.58. The van der Waals surface area contributed by atoms with Crippen molar-refractivity contribution in [2.75, 3.05) is 5.32 Å². The van der Waals surface area contributed by atoms with E-state index in [1.54, 1.807) is 0 Å². The zero-order valence-corrected chi connectivity index (χ0v) is 14.7. The third-order valence-corrected chi connectivity index (χ3v) is 3.64. The predicted molar refractivity (Wildman–Crippen MR) is 99.0 cm³/mol. The number of anilines is 1. The number of benzene rings is 2. The zero-order valence-electron chi connectivity index (χ0n) is 13.9. The van der Waals surface area contributed by atoms with Crippen LogP contribution in [-0.2, 0) is 10.2 Å². The van der Waals surface area contributed by atoms with Crippen LogP contribution in [0.25, 0.3) is 0 Å². The van der Waals surface area contributed by atoms with Crippen LogP contribution in [0.4, 0.5) is 5.69 Å². The maximum absolute atomic E-state index is 12.3. The Morgan fingerprint density at radius 1 is 1.04 bits per heavy atom. The number of hydrogen-bond acceptors (Lipinski definition) is 2. The first-order chi connectivity index (χ1) is 10.4. The van der Waals surface area contributed by atoms with Crippen LogP contribution in [0.5, 0.6) is 0 Å². The smallest absolute Gasteiger partial charge is 0.226 e. The number of carbonyl (C=O) groups excluding carboxylic acids is 1. The van der Waals surface area contributed by atoms with E-state index in [1.807, 2.05) is 54.6 Å². The lowest BCUT2D eigenvalue weighted by molar-refractivity contribution is -0.116. The highest BCUT2D eigenvalue weighted by Gasteiger charge is 2.19. The van der Waals surface area contributed by atoms with E-state index in [2.05, 4.69) is 26.1 Å². The Kier molecular flexibility index (Phi) is 6.79. The van der Waals surface area contributed by atoms with E-state index >= 15 is 0 Å². The summed E-state index contributed by atoms with van der Waals surface area (Å²) in [5, 5.41) is 3.00. The Morgan fingerprint density at radius 2 is 1.61 bits per heavy atom. The lowest BCUT2D eigenvalue weighted by Crippen LogP contribution is -2.22. The highest BCUT2D eigenvalue weighted by Crippen LogP contribution is 2.29. The summed E-state index contributed by atoms with van der Waals surface area (Å²) in [7, 11) is 0. The minimum absolute atomic E-state index is 0. The van der Waals surface area contributed by atoms with Crippen molar-refractivity contribution in [1.82, 2.24) is 0 Å². The maximum atomic E-state index is 12.3. The lowest BCUT2D eigenvalue weighted by atomic mass is 9.86. The summed E-state index contributed by atoms with van der Waals surface area (Å²) in [6.45, 7) is 6.40. The summed E-state index contributed by atoms with van der Waals surface area (Å²) in [5.41, 5.74) is 9.05. The van der Waals surface area contributed by atoms with Gasteiger partial charge in [-0.25, -0.2) is 0 Å². The normalized spacial score (nSPS) is 12.2. The summed E-state index contributed by atoms with van der Waals surface area (Å²) in [5.74, 6) is -0.0620. The van der Waals surface area contributed by atoms with Crippen LogP contribution in [0.3, 0.4) is 0 Å². The molecule has 0 aliphatic rings. The molecule has 0 aliphatic carbocycles. The van der Waals surface area contributed by atoms with Gasteiger partial charge in [0.05, 0.1) is 0 Å². The Labute approximate surface area is 144 Å². The predicted octanol–water partition coefficient (Wildman–Crippen LogP) is 4.43. The van der Waals surface area contributed by atoms with Crippen molar-refractivity contribution in [2.24, 2.45) is 5.73 Å². The van der Waals surface area contributed by atoms with E-state index in [0.29, 0.717) is 0 Å². The van der Waals surface area contributed by atoms with E-state index in [1.165, 1.54) is 0 Å². The Morgan fingerprint density at radius 3 is 2.22 bits per heavy atom. The molecule has 0 aromatic heterocycles. The van der Waals surface area contributed by atoms with Gasteiger partial charge >= 0.3 is 0 Å². The fourth-order valence-electron chi connectivity index (χ4n) is 2.47. The van der Waals surface area contributed by atoms with Gasteiger partial charge in [0.1, 0.15) is 0 Å². The van der Waals surface area contributed by atoms with Gasteiger partial charge in [0.15, 0.2) is 0 Å². The molecule has 3 N–H and O–H groups in total. The van der Waals surface area contributed by atoms with Gasteiger partial charge in [-0.05, 0) is 22.6 Å². The molecular weight excluding hydrogens is 308 g/mol. The van der Waals surface area contributed by atoms with E-state index < -0.39 is 0 Å². The number of hydrogen-bond donors (Lipinski definition) is 2. The lowest BCUT2D eigenvalue weighted by Gasteiger charge is -2.23. The maximum Gasteiger partial charge on any atom is 0.226 e. The molecule has 3 nitrogen and oxygen atoms in total. The third kappa shape index (κ3) is 5.38. The topological polar surface area (TPSA) is 55.1 Å². The van der Waals surface area contributed by atoms with Crippen LogP contribution < -0.4 is 11.1 Å². The molecule has 124 valence electrons. The molecule has 2 aromatic rings. The second-order valence-corrected chi connectivity index (χ2v) is 6.57. The highest BCUT2D eigenvalue weighted by atomic mass is 35.5. The molecule has 0 bridgehead atoms.